The zero-order valence-corrected chi connectivity index (χ0v) is 15.6. The van der Waals surface area contributed by atoms with Crippen molar-refractivity contribution in [2.45, 2.75) is 51.9 Å². The standard InChI is InChI=1S/C19H25FN4O3/c1-13(2)18-22-17(23-24(18)15-10-7-6-9-14(15)20)19(27)21-12-8-4-3-5-11-16(25)26/h6-7,9-10,13H,3-5,8,11-12H2,1-2H3,(H,21,27)(H,25,26). The Hall–Kier alpha value is -2.77. The molecule has 0 fully saturated rings. The predicted molar refractivity (Wildman–Crippen MR) is 98.5 cm³/mol. The van der Waals surface area contributed by atoms with Gasteiger partial charge in [0.25, 0.3) is 5.91 Å². The second-order valence-corrected chi connectivity index (χ2v) is 6.63. The average molecular weight is 376 g/mol. The molecule has 1 heterocycles. The van der Waals surface area contributed by atoms with Crippen molar-refractivity contribution >= 4 is 11.9 Å². The number of hydrogen-bond donors (Lipinski definition) is 2. The van der Waals surface area contributed by atoms with Gasteiger partial charge in [-0.2, -0.15) is 0 Å². The van der Waals surface area contributed by atoms with E-state index in [0.29, 0.717) is 18.8 Å². The van der Waals surface area contributed by atoms with Gasteiger partial charge in [0.1, 0.15) is 17.3 Å². The van der Waals surface area contributed by atoms with Crippen LogP contribution in [0.3, 0.4) is 0 Å². The number of carboxylic acid groups (broad SMARTS) is 1. The molecule has 0 unspecified atom stereocenters. The number of aliphatic carboxylic acids is 1. The van der Waals surface area contributed by atoms with Crippen molar-refractivity contribution in [3.63, 3.8) is 0 Å². The monoisotopic (exact) mass is 376 g/mol. The average Bonchev–Trinajstić information content (AvgIpc) is 3.06. The van der Waals surface area contributed by atoms with Crippen LogP contribution in [0.5, 0.6) is 0 Å². The Labute approximate surface area is 157 Å². The van der Waals surface area contributed by atoms with E-state index >= 15 is 0 Å². The molecule has 2 aromatic rings. The lowest BCUT2D eigenvalue weighted by molar-refractivity contribution is -0.137. The molecule has 0 saturated heterocycles. The first-order chi connectivity index (χ1) is 12.9. The number of para-hydroxylation sites is 1. The number of nitrogens with zero attached hydrogens (tertiary/aromatic N) is 3. The number of benzene rings is 1. The van der Waals surface area contributed by atoms with Crippen LogP contribution < -0.4 is 5.32 Å². The molecular formula is C19H25FN4O3. The number of aromatic nitrogens is 3. The molecule has 0 radical (unpaired) electrons. The molecule has 8 heteroatoms. The molecule has 0 atom stereocenters. The number of nitrogens with one attached hydrogen (secondary N) is 1. The highest BCUT2D eigenvalue weighted by Crippen LogP contribution is 2.19. The summed E-state index contributed by atoms with van der Waals surface area (Å²) in [5, 5.41) is 15.5. The van der Waals surface area contributed by atoms with Gasteiger partial charge in [0.05, 0.1) is 0 Å². The number of rotatable bonds is 10. The number of amides is 1. The van der Waals surface area contributed by atoms with Crippen LogP contribution in [0.4, 0.5) is 4.39 Å². The van der Waals surface area contributed by atoms with E-state index in [-0.39, 0.29) is 23.9 Å². The second kappa shape index (κ2) is 9.80. The van der Waals surface area contributed by atoms with Gasteiger partial charge >= 0.3 is 5.97 Å². The highest BCUT2D eigenvalue weighted by atomic mass is 19.1. The van der Waals surface area contributed by atoms with Crippen molar-refractivity contribution in [3.8, 4) is 5.69 Å². The molecular weight excluding hydrogens is 351 g/mol. The van der Waals surface area contributed by atoms with Gasteiger partial charge in [-0.25, -0.2) is 14.1 Å². The topological polar surface area (TPSA) is 97.1 Å². The number of carbonyl (C=O) groups excluding carboxylic acids is 1. The van der Waals surface area contributed by atoms with Gasteiger partial charge in [-0.3, -0.25) is 9.59 Å². The van der Waals surface area contributed by atoms with Gasteiger partial charge in [-0.1, -0.05) is 38.8 Å². The van der Waals surface area contributed by atoms with Crippen LogP contribution in [-0.4, -0.2) is 38.3 Å². The van der Waals surface area contributed by atoms with Gasteiger partial charge in [-0.15, -0.1) is 5.10 Å². The minimum absolute atomic E-state index is 0.00725. The van der Waals surface area contributed by atoms with E-state index < -0.39 is 17.7 Å². The SMILES string of the molecule is CC(C)c1nc(C(=O)NCCCCCCC(=O)O)nn1-c1ccccc1F. The van der Waals surface area contributed by atoms with Crippen molar-refractivity contribution in [1.82, 2.24) is 20.1 Å². The number of unbranched alkanes of at least 4 members (excludes halogenated alkanes) is 3. The van der Waals surface area contributed by atoms with Gasteiger partial charge in [0, 0.05) is 18.9 Å². The maximum absolute atomic E-state index is 14.1. The molecule has 27 heavy (non-hydrogen) atoms. The lowest BCUT2D eigenvalue weighted by Crippen LogP contribution is -2.25. The van der Waals surface area contributed by atoms with Crippen molar-refractivity contribution in [1.29, 1.82) is 0 Å². The summed E-state index contributed by atoms with van der Waals surface area (Å²) in [5.41, 5.74) is 0.256. The molecule has 2 rings (SSSR count). The zero-order valence-electron chi connectivity index (χ0n) is 15.6. The molecule has 146 valence electrons. The smallest absolute Gasteiger partial charge is 0.303 e. The van der Waals surface area contributed by atoms with E-state index in [9.17, 15) is 14.0 Å². The van der Waals surface area contributed by atoms with Crippen molar-refractivity contribution < 1.29 is 19.1 Å². The minimum atomic E-state index is -0.791. The molecule has 7 nitrogen and oxygen atoms in total. The molecule has 1 amide bonds. The lowest BCUT2D eigenvalue weighted by Gasteiger charge is -2.08. The molecule has 0 aliphatic heterocycles. The Kier molecular flexibility index (Phi) is 7.45. The first-order valence-corrected chi connectivity index (χ1v) is 9.12. The Balaban J connectivity index is 1.96. The first-order valence-electron chi connectivity index (χ1n) is 9.12. The molecule has 1 aromatic heterocycles. The Morgan fingerprint density at radius 2 is 1.89 bits per heavy atom. The highest BCUT2D eigenvalue weighted by molar-refractivity contribution is 5.90. The van der Waals surface area contributed by atoms with E-state index in [2.05, 4.69) is 15.4 Å². The van der Waals surface area contributed by atoms with Crippen LogP contribution in [0.25, 0.3) is 5.69 Å². The maximum Gasteiger partial charge on any atom is 0.303 e. The number of hydrogen-bond acceptors (Lipinski definition) is 4. The third-order valence-electron chi connectivity index (χ3n) is 4.04. The third kappa shape index (κ3) is 5.87. The predicted octanol–water partition coefficient (Wildman–Crippen LogP) is 3.29. The van der Waals surface area contributed by atoms with E-state index in [0.717, 1.165) is 19.3 Å². The summed E-state index contributed by atoms with van der Waals surface area (Å²) in [7, 11) is 0. The Bertz CT molecular complexity index is 789. The summed E-state index contributed by atoms with van der Waals surface area (Å²) in [6.07, 6.45) is 3.19. The lowest BCUT2D eigenvalue weighted by atomic mass is 10.1. The van der Waals surface area contributed by atoms with E-state index in [1.807, 2.05) is 13.8 Å². The summed E-state index contributed by atoms with van der Waals surface area (Å²) in [4.78, 5) is 27.0. The highest BCUT2D eigenvalue weighted by Gasteiger charge is 2.20. The quantitative estimate of drug-likeness (QED) is 0.620. The van der Waals surface area contributed by atoms with Crippen molar-refractivity contribution in [2.75, 3.05) is 6.54 Å². The van der Waals surface area contributed by atoms with Crippen LogP contribution in [0.2, 0.25) is 0 Å². The van der Waals surface area contributed by atoms with E-state index in [1.165, 1.54) is 10.7 Å². The zero-order chi connectivity index (χ0) is 19.8. The molecule has 2 N–H and O–H groups in total. The van der Waals surface area contributed by atoms with Crippen molar-refractivity contribution in [3.05, 3.63) is 41.7 Å². The molecule has 0 aliphatic rings. The summed E-state index contributed by atoms with van der Waals surface area (Å²) in [6.45, 7) is 4.26. The van der Waals surface area contributed by atoms with Gasteiger partial charge in [0.2, 0.25) is 5.82 Å². The Morgan fingerprint density at radius 3 is 2.56 bits per heavy atom. The summed E-state index contributed by atoms with van der Waals surface area (Å²) >= 11 is 0. The van der Waals surface area contributed by atoms with E-state index in [1.54, 1.807) is 18.2 Å². The summed E-state index contributed by atoms with van der Waals surface area (Å²) in [5.74, 6) is -1.14. The van der Waals surface area contributed by atoms with Crippen LogP contribution in [0.1, 0.15) is 68.3 Å². The fraction of sp³-hybridized carbons (Fsp3) is 0.474. The maximum atomic E-state index is 14.1. The van der Waals surface area contributed by atoms with Crippen LogP contribution in [0, 0.1) is 5.82 Å². The minimum Gasteiger partial charge on any atom is -0.481 e. The molecule has 0 saturated carbocycles. The Morgan fingerprint density at radius 1 is 1.19 bits per heavy atom. The van der Waals surface area contributed by atoms with Crippen LogP contribution >= 0.6 is 0 Å². The number of carboxylic acids is 1. The largest absolute Gasteiger partial charge is 0.481 e. The fourth-order valence-corrected chi connectivity index (χ4v) is 2.63. The van der Waals surface area contributed by atoms with Gasteiger partial charge in [-0.05, 0) is 25.0 Å². The fourth-order valence-electron chi connectivity index (χ4n) is 2.63. The van der Waals surface area contributed by atoms with Crippen LogP contribution in [-0.2, 0) is 4.79 Å². The summed E-state index contributed by atoms with van der Waals surface area (Å²) in [6, 6.07) is 6.23. The van der Waals surface area contributed by atoms with E-state index in [4.69, 9.17) is 5.11 Å². The second-order valence-electron chi connectivity index (χ2n) is 6.63. The third-order valence-corrected chi connectivity index (χ3v) is 4.04. The van der Waals surface area contributed by atoms with Gasteiger partial charge in [0.15, 0.2) is 0 Å². The van der Waals surface area contributed by atoms with Crippen LogP contribution in [0.15, 0.2) is 24.3 Å². The normalized spacial score (nSPS) is 11.0. The molecule has 1 aromatic carbocycles. The number of halogens is 1. The number of carbonyl (C=O) groups is 2. The van der Waals surface area contributed by atoms with Crippen molar-refractivity contribution in [2.24, 2.45) is 0 Å². The molecule has 0 aliphatic carbocycles. The van der Waals surface area contributed by atoms with Gasteiger partial charge < -0.3 is 10.4 Å². The first kappa shape index (κ1) is 20.5. The molecule has 0 bridgehead atoms. The summed E-state index contributed by atoms with van der Waals surface area (Å²) < 4.78 is 15.5. The molecule has 0 spiro atoms.